The number of nitrogens with zero attached hydrogens (tertiary/aromatic N) is 4. The van der Waals surface area contributed by atoms with Crippen LogP contribution in [0.3, 0.4) is 0 Å². The maximum absolute atomic E-state index is 12.7. The van der Waals surface area contributed by atoms with E-state index in [0.717, 1.165) is 17.5 Å². The summed E-state index contributed by atoms with van der Waals surface area (Å²) in [5.74, 6) is 0. The van der Waals surface area contributed by atoms with Crippen molar-refractivity contribution in [2.24, 2.45) is 5.41 Å². The average Bonchev–Trinajstić information content (AvgIpc) is 3.02. The van der Waals surface area contributed by atoms with E-state index in [-0.39, 0.29) is 17.5 Å². The summed E-state index contributed by atoms with van der Waals surface area (Å²) < 4.78 is 1.90. The normalized spacial score (nSPS) is 12.9. The topological polar surface area (TPSA) is 63.1 Å². The second-order valence-electron chi connectivity index (χ2n) is 8.33. The van der Waals surface area contributed by atoms with Crippen LogP contribution in [0.4, 0.5) is 4.79 Å². The van der Waals surface area contributed by atoms with Crippen molar-refractivity contribution in [1.82, 2.24) is 25.0 Å². The van der Waals surface area contributed by atoms with E-state index in [2.05, 4.69) is 50.0 Å². The number of hydrogen-bond acceptors (Lipinski definition) is 3. The van der Waals surface area contributed by atoms with Crippen molar-refractivity contribution in [3.63, 3.8) is 0 Å². The lowest BCUT2D eigenvalue weighted by Gasteiger charge is -2.29. The summed E-state index contributed by atoms with van der Waals surface area (Å²) in [5.41, 5.74) is 2.13. The first-order chi connectivity index (χ1) is 12.2. The second kappa shape index (κ2) is 8.34. The van der Waals surface area contributed by atoms with Gasteiger partial charge >= 0.3 is 6.03 Å². The smallest absolute Gasteiger partial charge is 0.317 e. The van der Waals surface area contributed by atoms with Gasteiger partial charge in [0.25, 0.3) is 0 Å². The molecule has 0 bridgehead atoms. The molecule has 0 aliphatic heterocycles. The lowest BCUT2D eigenvalue weighted by molar-refractivity contribution is 0.197. The first-order valence-corrected chi connectivity index (χ1v) is 9.10. The molecular weight excluding hydrogens is 326 g/mol. The third-order valence-electron chi connectivity index (χ3n) is 4.15. The van der Waals surface area contributed by atoms with Gasteiger partial charge in [-0.15, -0.1) is 0 Å². The Morgan fingerprint density at radius 3 is 2.58 bits per heavy atom. The van der Waals surface area contributed by atoms with E-state index in [0.29, 0.717) is 12.6 Å². The van der Waals surface area contributed by atoms with Crippen LogP contribution in [0.5, 0.6) is 0 Å². The molecule has 0 spiro atoms. The fourth-order valence-electron chi connectivity index (χ4n) is 2.79. The fraction of sp³-hybridized carbons (Fsp3) is 0.550. The Morgan fingerprint density at radius 2 is 2.04 bits per heavy atom. The number of carbonyl (C=O) groups is 1. The Bertz CT molecular complexity index is 702. The highest BCUT2D eigenvalue weighted by atomic mass is 16.2. The molecule has 2 aromatic rings. The molecule has 0 aromatic carbocycles. The van der Waals surface area contributed by atoms with Crippen LogP contribution in [-0.4, -0.2) is 32.7 Å². The highest BCUT2D eigenvalue weighted by Crippen LogP contribution is 2.29. The highest BCUT2D eigenvalue weighted by molar-refractivity contribution is 5.74. The van der Waals surface area contributed by atoms with Gasteiger partial charge in [0.05, 0.1) is 18.8 Å². The molecule has 0 fully saturated rings. The van der Waals surface area contributed by atoms with Crippen molar-refractivity contribution < 1.29 is 4.79 Å². The molecule has 1 N–H and O–H groups in total. The van der Waals surface area contributed by atoms with E-state index in [9.17, 15) is 4.79 Å². The number of nitrogens with one attached hydrogen (secondary N) is 1. The lowest BCUT2D eigenvalue weighted by atomic mass is 9.86. The molecule has 6 nitrogen and oxygen atoms in total. The Labute approximate surface area is 156 Å². The van der Waals surface area contributed by atoms with Crippen LogP contribution < -0.4 is 5.32 Å². The predicted octanol–water partition coefficient (Wildman–Crippen LogP) is 4.18. The van der Waals surface area contributed by atoms with Gasteiger partial charge in [-0.2, -0.15) is 5.10 Å². The van der Waals surface area contributed by atoms with E-state index < -0.39 is 0 Å². The molecule has 142 valence electrons. The summed E-state index contributed by atoms with van der Waals surface area (Å²) in [5, 5.41) is 7.49. The van der Waals surface area contributed by atoms with Crippen molar-refractivity contribution in [2.45, 2.75) is 59.7 Å². The quantitative estimate of drug-likeness (QED) is 0.843. The second-order valence-corrected chi connectivity index (χ2v) is 8.33. The van der Waals surface area contributed by atoms with Crippen LogP contribution in [0.1, 0.15) is 64.3 Å². The van der Waals surface area contributed by atoms with E-state index in [1.165, 1.54) is 0 Å². The van der Waals surface area contributed by atoms with Crippen molar-refractivity contribution in [3.05, 3.63) is 48.0 Å². The van der Waals surface area contributed by atoms with Gasteiger partial charge in [0.15, 0.2) is 0 Å². The molecule has 1 atom stereocenters. The first-order valence-electron chi connectivity index (χ1n) is 9.10. The summed E-state index contributed by atoms with van der Waals surface area (Å²) in [6.07, 6.45) is 8.21. The number of aromatic nitrogens is 3. The van der Waals surface area contributed by atoms with Crippen LogP contribution in [-0.2, 0) is 6.54 Å². The van der Waals surface area contributed by atoms with E-state index in [4.69, 9.17) is 0 Å². The maximum Gasteiger partial charge on any atom is 0.317 e. The standard InChI is InChI=1S/C20H31N5O/c1-15(2)25-14-16(11-22-25)13-24(6)19(26)23-18(10-20(3,4)5)17-8-7-9-21-12-17/h7-9,11-12,14-15,18H,10,13H2,1-6H3,(H,23,26)/t18-/m1/s1. The van der Waals surface area contributed by atoms with E-state index in [1.807, 2.05) is 35.4 Å². The molecule has 2 aromatic heterocycles. The molecule has 0 saturated heterocycles. The Kier molecular flexibility index (Phi) is 6.40. The Balaban J connectivity index is 2.05. The summed E-state index contributed by atoms with van der Waals surface area (Å²) in [7, 11) is 1.80. The average molecular weight is 358 g/mol. The summed E-state index contributed by atoms with van der Waals surface area (Å²) >= 11 is 0. The molecule has 0 unspecified atom stereocenters. The van der Waals surface area contributed by atoms with Crippen LogP contribution >= 0.6 is 0 Å². The van der Waals surface area contributed by atoms with Gasteiger partial charge in [-0.3, -0.25) is 9.67 Å². The SMILES string of the molecule is CC(C)n1cc(CN(C)C(=O)N[C@H](CC(C)(C)C)c2cccnc2)cn1. The summed E-state index contributed by atoms with van der Waals surface area (Å²) in [4.78, 5) is 18.6. The first kappa shape index (κ1) is 19.9. The minimum atomic E-state index is -0.0969. The molecule has 0 aliphatic rings. The van der Waals surface area contributed by atoms with Crippen LogP contribution in [0, 0.1) is 5.41 Å². The molecule has 2 heterocycles. The van der Waals surface area contributed by atoms with Gasteiger partial charge in [0.2, 0.25) is 0 Å². The molecule has 2 rings (SSSR count). The molecule has 0 saturated carbocycles. The fourth-order valence-corrected chi connectivity index (χ4v) is 2.79. The number of carbonyl (C=O) groups excluding carboxylic acids is 1. The number of urea groups is 1. The van der Waals surface area contributed by atoms with Crippen LogP contribution in [0.25, 0.3) is 0 Å². The monoisotopic (exact) mass is 357 g/mol. The van der Waals surface area contributed by atoms with Crippen molar-refractivity contribution in [3.8, 4) is 0 Å². The van der Waals surface area contributed by atoms with E-state index >= 15 is 0 Å². The number of rotatable bonds is 6. The summed E-state index contributed by atoms with van der Waals surface area (Å²) in [6.45, 7) is 11.2. The van der Waals surface area contributed by atoms with Gasteiger partial charge in [0, 0.05) is 37.2 Å². The van der Waals surface area contributed by atoms with Gasteiger partial charge in [-0.1, -0.05) is 26.8 Å². The predicted molar refractivity (Wildman–Crippen MR) is 104 cm³/mol. The van der Waals surface area contributed by atoms with Crippen molar-refractivity contribution >= 4 is 6.03 Å². The molecule has 6 heteroatoms. The molecule has 0 radical (unpaired) electrons. The number of amides is 2. The maximum atomic E-state index is 12.7. The zero-order valence-corrected chi connectivity index (χ0v) is 16.7. The van der Waals surface area contributed by atoms with Crippen molar-refractivity contribution in [2.75, 3.05) is 7.05 Å². The number of pyridine rings is 1. The third-order valence-corrected chi connectivity index (χ3v) is 4.15. The highest BCUT2D eigenvalue weighted by Gasteiger charge is 2.23. The Hall–Kier alpha value is -2.37. The minimum absolute atomic E-state index is 0.0722. The molecule has 2 amide bonds. The zero-order chi connectivity index (χ0) is 19.3. The van der Waals surface area contributed by atoms with E-state index in [1.54, 1.807) is 18.1 Å². The van der Waals surface area contributed by atoms with Gasteiger partial charge < -0.3 is 10.2 Å². The number of hydrogen-bond donors (Lipinski definition) is 1. The largest absolute Gasteiger partial charge is 0.331 e. The van der Waals surface area contributed by atoms with Gasteiger partial charge in [0.1, 0.15) is 0 Å². The van der Waals surface area contributed by atoms with Crippen LogP contribution in [0.15, 0.2) is 36.9 Å². The van der Waals surface area contributed by atoms with Crippen molar-refractivity contribution in [1.29, 1.82) is 0 Å². The van der Waals surface area contributed by atoms with Gasteiger partial charge in [-0.25, -0.2) is 4.79 Å². The molecular formula is C20H31N5O. The van der Waals surface area contributed by atoms with Gasteiger partial charge in [-0.05, 0) is 37.3 Å². The van der Waals surface area contributed by atoms with Crippen LogP contribution in [0.2, 0.25) is 0 Å². The third kappa shape index (κ3) is 5.86. The summed E-state index contributed by atoms with van der Waals surface area (Å²) in [6, 6.07) is 4.06. The molecule has 26 heavy (non-hydrogen) atoms. The zero-order valence-electron chi connectivity index (χ0n) is 16.7. The lowest BCUT2D eigenvalue weighted by Crippen LogP contribution is -2.40. The molecule has 0 aliphatic carbocycles. The minimum Gasteiger partial charge on any atom is -0.331 e. The Morgan fingerprint density at radius 1 is 1.31 bits per heavy atom.